The normalized spacial score (nSPS) is 10.5. The Morgan fingerprint density at radius 1 is 1.19 bits per heavy atom. The molecule has 1 N–H and O–H groups in total. The largest absolute Gasteiger partial charge is 0.494 e. The summed E-state index contributed by atoms with van der Waals surface area (Å²) in [5.41, 5.74) is 3.61. The van der Waals surface area contributed by atoms with Crippen LogP contribution in [-0.2, 0) is 6.54 Å². The van der Waals surface area contributed by atoms with Gasteiger partial charge in [0, 0.05) is 29.2 Å². The predicted octanol–water partition coefficient (Wildman–Crippen LogP) is 4.92. The zero-order valence-electron chi connectivity index (χ0n) is 14.8. The second kappa shape index (κ2) is 9.15. The number of ether oxygens (including phenoxy) is 1. The molecule has 0 fully saturated rings. The van der Waals surface area contributed by atoms with Gasteiger partial charge in [0.1, 0.15) is 5.75 Å². The highest BCUT2D eigenvalue weighted by Gasteiger charge is 2.10. The number of carbonyl (C=O) groups excluding carboxylic acids is 1. The average molecular weight is 366 g/mol. The molecule has 3 aromatic rings. The number of aromatic nitrogens is 1. The van der Waals surface area contributed by atoms with Gasteiger partial charge in [0.05, 0.1) is 12.3 Å². The van der Waals surface area contributed by atoms with E-state index in [-0.39, 0.29) is 5.91 Å². The Morgan fingerprint density at radius 2 is 2.04 bits per heavy atom. The van der Waals surface area contributed by atoms with Crippen molar-refractivity contribution in [3.63, 3.8) is 0 Å². The lowest BCUT2D eigenvalue weighted by Crippen LogP contribution is -2.23. The molecule has 1 aromatic carbocycles. The summed E-state index contributed by atoms with van der Waals surface area (Å²) in [5, 5.41) is 7.06. The van der Waals surface area contributed by atoms with Gasteiger partial charge in [-0.25, -0.2) is 0 Å². The number of amides is 1. The summed E-state index contributed by atoms with van der Waals surface area (Å²) in [5.74, 6) is 0.687. The third-order valence-electron chi connectivity index (χ3n) is 4.01. The lowest BCUT2D eigenvalue weighted by Gasteiger charge is -2.10. The number of benzene rings is 1. The number of hydrogen-bond acceptors (Lipinski definition) is 4. The summed E-state index contributed by atoms with van der Waals surface area (Å²) in [4.78, 5) is 16.9. The third-order valence-corrected chi connectivity index (χ3v) is 4.69. The number of carbonyl (C=O) groups is 1. The van der Waals surface area contributed by atoms with E-state index in [0.717, 1.165) is 35.4 Å². The highest BCUT2D eigenvalue weighted by molar-refractivity contribution is 7.08. The first-order valence-corrected chi connectivity index (χ1v) is 9.69. The first-order chi connectivity index (χ1) is 12.8. The number of nitrogens with zero attached hydrogens (tertiary/aromatic N) is 1. The van der Waals surface area contributed by atoms with Crippen molar-refractivity contribution in [2.75, 3.05) is 6.61 Å². The van der Waals surface area contributed by atoms with Crippen molar-refractivity contribution in [3.05, 3.63) is 70.5 Å². The second-order valence-electron chi connectivity index (χ2n) is 5.93. The number of thiophene rings is 1. The fourth-order valence-electron chi connectivity index (χ4n) is 2.55. The fraction of sp³-hybridized carbons (Fsp3) is 0.238. The molecule has 0 aliphatic carbocycles. The van der Waals surface area contributed by atoms with Crippen molar-refractivity contribution in [3.8, 4) is 17.0 Å². The highest BCUT2D eigenvalue weighted by atomic mass is 32.1. The summed E-state index contributed by atoms with van der Waals surface area (Å²) < 4.78 is 5.63. The maximum Gasteiger partial charge on any atom is 0.251 e. The number of nitrogens with one attached hydrogen (secondary N) is 1. The Labute approximate surface area is 157 Å². The Balaban J connectivity index is 1.61. The molecule has 0 bridgehead atoms. The van der Waals surface area contributed by atoms with E-state index in [1.165, 1.54) is 0 Å². The van der Waals surface area contributed by atoms with Crippen LogP contribution in [0.25, 0.3) is 11.3 Å². The van der Waals surface area contributed by atoms with Crippen LogP contribution in [0.15, 0.2) is 59.4 Å². The molecular weight excluding hydrogens is 344 g/mol. The van der Waals surface area contributed by atoms with Gasteiger partial charge in [-0.1, -0.05) is 19.4 Å². The van der Waals surface area contributed by atoms with Crippen LogP contribution in [0, 0.1) is 0 Å². The fourth-order valence-corrected chi connectivity index (χ4v) is 3.20. The van der Waals surface area contributed by atoms with Gasteiger partial charge in [-0.2, -0.15) is 11.3 Å². The van der Waals surface area contributed by atoms with Gasteiger partial charge in [0.25, 0.3) is 5.91 Å². The van der Waals surface area contributed by atoms with Crippen LogP contribution in [0.3, 0.4) is 0 Å². The molecule has 3 rings (SSSR count). The molecule has 2 heterocycles. The van der Waals surface area contributed by atoms with Gasteiger partial charge in [0.2, 0.25) is 0 Å². The molecule has 1 amide bonds. The second-order valence-corrected chi connectivity index (χ2v) is 6.71. The first kappa shape index (κ1) is 18.1. The molecule has 0 radical (unpaired) electrons. The molecule has 0 saturated carbocycles. The standard InChI is InChI=1S/C21H22N2O2S/c1-2-3-12-25-19-8-6-16(7-9-19)21(24)23-14-17-5-4-11-22-20(17)18-10-13-26-15-18/h4-11,13,15H,2-3,12,14H2,1H3,(H,23,24). The van der Waals surface area contributed by atoms with Crippen LogP contribution in [-0.4, -0.2) is 17.5 Å². The topological polar surface area (TPSA) is 51.2 Å². The summed E-state index contributed by atoms with van der Waals surface area (Å²) in [7, 11) is 0. The smallest absolute Gasteiger partial charge is 0.251 e. The van der Waals surface area contributed by atoms with Crippen molar-refractivity contribution in [1.82, 2.24) is 10.3 Å². The van der Waals surface area contributed by atoms with Crippen LogP contribution in [0.5, 0.6) is 5.75 Å². The van der Waals surface area contributed by atoms with Gasteiger partial charge in [0.15, 0.2) is 0 Å². The van der Waals surface area contributed by atoms with Crippen molar-refractivity contribution in [2.24, 2.45) is 0 Å². The van der Waals surface area contributed by atoms with Gasteiger partial charge in [-0.15, -0.1) is 0 Å². The maximum absolute atomic E-state index is 12.4. The highest BCUT2D eigenvalue weighted by Crippen LogP contribution is 2.23. The van der Waals surface area contributed by atoms with Gasteiger partial charge < -0.3 is 10.1 Å². The maximum atomic E-state index is 12.4. The minimum Gasteiger partial charge on any atom is -0.494 e. The van der Waals surface area contributed by atoms with E-state index < -0.39 is 0 Å². The summed E-state index contributed by atoms with van der Waals surface area (Å²) in [6.45, 7) is 3.27. The molecule has 2 aromatic heterocycles. The number of hydrogen-bond donors (Lipinski definition) is 1. The van der Waals surface area contributed by atoms with Crippen LogP contribution >= 0.6 is 11.3 Å². The zero-order chi connectivity index (χ0) is 18.2. The number of unbranched alkanes of at least 4 members (excludes halogenated alkanes) is 1. The Bertz CT molecular complexity index is 829. The predicted molar refractivity (Wildman–Crippen MR) is 106 cm³/mol. The third kappa shape index (κ3) is 4.70. The molecule has 4 nitrogen and oxygen atoms in total. The van der Waals surface area contributed by atoms with E-state index in [1.807, 2.05) is 35.7 Å². The van der Waals surface area contributed by atoms with Crippen molar-refractivity contribution in [2.45, 2.75) is 26.3 Å². The Kier molecular flexibility index (Phi) is 6.39. The lowest BCUT2D eigenvalue weighted by atomic mass is 10.1. The molecule has 0 unspecified atom stereocenters. The molecule has 0 spiro atoms. The molecule has 0 atom stereocenters. The Hall–Kier alpha value is -2.66. The molecule has 0 aliphatic heterocycles. The summed E-state index contributed by atoms with van der Waals surface area (Å²) in [6, 6.07) is 13.2. The molecular formula is C21H22N2O2S. The summed E-state index contributed by atoms with van der Waals surface area (Å²) in [6.07, 6.45) is 3.90. The minimum atomic E-state index is -0.106. The van der Waals surface area contributed by atoms with Crippen LogP contribution in [0.2, 0.25) is 0 Å². The SMILES string of the molecule is CCCCOc1ccc(C(=O)NCc2cccnc2-c2ccsc2)cc1. The molecule has 5 heteroatoms. The van der Waals surface area contributed by atoms with E-state index in [2.05, 4.69) is 22.6 Å². The molecule has 0 aliphatic rings. The average Bonchev–Trinajstić information content (AvgIpc) is 3.22. The monoisotopic (exact) mass is 366 g/mol. The van der Waals surface area contributed by atoms with Crippen LogP contribution in [0.1, 0.15) is 35.7 Å². The van der Waals surface area contributed by atoms with Crippen molar-refractivity contribution in [1.29, 1.82) is 0 Å². The van der Waals surface area contributed by atoms with E-state index in [9.17, 15) is 4.79 Å². The van der Waals surface area contributed by atoms with E-state index in [4.69, 9.17) is 4.74 Å². The van der Waals surface area contributed by atoms with Gasteiger partial charge >= 0.3 is 0 Å². The molecule has 134 valence electrons. The summed E-state index contributed by atoms with van der Waals surface area (Å²) >= 11 is 1.63. The quantitative estimate of drug-likeness (QED) is 0.576. The van der Waals surface area contributed by atoms with Crippen molar-refractivity contribution < 1.29 is 9.53 Å². The minimum absolute atomic E-state index is 0.106. The van der Waals surface area contributed by atoms with E-state index >= 15 is 0 Å². The number of pyridine rings is 1. The van der Waals surface area contributed by atoms with E-state index in [0.29, 0.717) is 18.7 Å². The van der Waals surface area contributed by atoms with Gasteiger partial charge in [-0.3, -0.25) is 9.78 Å². The van der Waals surface area contributed by atoms with Crippen LogP contribution in [0.4, 0.5) is 0 Å². The van der Waals surface area contributed by atoms with E-state index in [1.54, 1.807) is 29.7 Å². The molecule has 0 saturated heterocycles. The molecule has 26 heavy (non-hydrogen) atoms. The van der Waals surface area contributed by atoms with Gasteiger partial charge in [-0.05, 0) is 53.8 Å². The number of rotatable bonds is 8. The lowest BCUT2D eigenvalue weighted by molar-refractivity contribution is 0.0951. The zero-order valence-corrected chi connectivity index (χ0v) is 15.6. The van der Waals surface area contributed by atoms with Crippen molar-refractivity contribution >= 4 is 17.2 Å². The first-order valence-electron chi connectivity index (χ1n) is 8.75. The van der Waals surface area contributed by atoms with Crippen LogP contribution < -0.4 is 10.1 Å². The Morgan fingerprint density at radius 3 is 2.77 bits per heavy atom.